The number of nitrogens with one attached hydrogen (secondary N) is 1. The predicted molar refractivity (Wildman–Crippen MR) is 119 cm³/mol. The molecule has 168 valence electrons. The number of aromatic nitrogens is 1. The molecule has 0 spiro atoms. The zero-order valence-electron chi connectivity index (χ0n) is 19.2. The molecular weight excluding hydrogens is 380 g/mol. The van der Waals surface area contributed by atoms with Gasteiger partial charge in [-0.15, -0.1) is 0 Å². The van der Waals surface area contributed by atoms with Crippen LogP contribution in [0.4, 0.5) is 0 Å². The average Bonchev–Trinajstić information content (AvgIpc) is 2.68. The third-order valence-electron chi connectivity index (χ3n) is 6.16. The molecule has 30 heavy (non-hydrogen) atoms. The van der Waals surface area contributed by atoms with Crippen LogP contribution in [-0.2, 0) is 24.2 Å². The minimum atomic E-state index is -1.10. The van der Waals surface area contributed by atoms with Gasteiger partial charge < -0.3 is 15.0 Å². The van der Waals surface area contributed by atoms with Crippen molar-refractivity contribution in [3.05, 3.63) is 33.2 Å². The molecule has 0 saturated heterocycles. The molecule has 2 N–H and O–H groups in total. The van der Waals surface area contributed by atoms with Crippen LogP contribution in [0.3, 0.4) is 0 Å². The van der Waals surface area contributed by atoms with E-state index in [0.717, 1.165) is 43.4 Å². The maximum atomic E-state index is 13.4. The van der Waals surface area contributed by atoms with Crippen LogP contribution >= 0.6 is 0 Å². The highest BCUT2D eigenvalue weighted by atomic mass is 16.4. The molecule has 1 saturated carbocycles. The topological polar surface area (TPSA) is 88.4 Å². The number of carboxylic acid groups (broad SMARTS) is 1. The highest BCUT2D eigenvalue weighted by Gasteiger charge is 2.34. The second kappa shape index (κ2) is 10.3. The van der Waals surface area contributed by atoms with Crippen molar-refractivity contribution < 1.29 is 14.7 Å². The molecular formula is C24H38N2O4. The number of aliphatic carboxylic acids is 1. The smallest absolute Gasteiger partial charge is 0.326 e. The molecule has 1 aromatic heterocycles. The molecule has 1 atom stereocenters. The second-order valence-corrected chi connectivity index (χ2v) is 9.66. The normalized spacial score (nSPS) is 16.3. The summed E-state index contributed by atoms with van der Waals surface area (Å²) in [5.74, 6) is -1.24. The molecule has 1 aliphatic carbocycles. The summed E-state index contributed by atoms with van der Waals surface area (Å²) >= 11 is 0. The Morgan fingerprint density at radius 3 is 2.33 bits per heavy atom. The Hall–Kier alpha value is -2.11. The molecule has 1 amide bonds. The summed E-state index contributed by atoms with van der Waals surface area (Å²) in [6, 6.07) is 0.610. The van der Waals surface area contributed by atoms with Crippen molar-refractivity contribution in [3.63, 3.8) is 0 Å². The molecule has 1 fully saturated rings. The molecule has 0 unspecified atom stereocenters. The van der Waals surface area contributed by atoms with Crippen LogP contribution in [0.15, 0.2) is 10.9 Å². The second-order valence-electron chi connectivity index (χ2n) is 9.66. The lowest BCUT2D eigenvalue weighted by Crippen LogP contribution is -2.50. The maximum absolute atomic E-state index is 13.4. The molecule has 1 aliphatic rings. The van der Waals surface area contributed by atoms with Crippen LogP contribution in [0.25, 0.3) is 0 Å². The Balaban J connectivity index is 2.48. The van der Waals surface area contributed by atoms with Gasteiger partial charge in [0.2, 0.25) is 0 Å². The lowest BCUT2D eigenvalue weighted by Gasteiger charge is -2.28. The van der Waals surface area contributed by atoms with Crippen LogP contribution in [0, 0.1) is 11.3 Å². The molecule has 6 nitrogen and oxygen atoms in total. The lowest BCUT2D eigenvalue weighted by atomic mass is 9.86. The fraction of sp³-hybridized carbons (Fsp3) is 0.708. The van der Waals surface area contributed by atoms with E-state index in [0.29, 0.717) is 12.5 Å². The van der Waals surface area contributed by atoms with Crippen LogP contribution in [0.2, 0.25) is 0 Å². The number of rotatable bonds is 8. The molecule has 0 aliphatic heterocycles. The van der Waals surface area contributed by atoms with Gasteiger partial charge in [-0.25, -0.2) is 4.79 Å². The zero-order valence-corrected chi connectivity index (χ0v) is 19.2. The molecule has 1 heterocycles. The van der Waals surface area contributed by atoms with Crippen molar-refractivity contribution in [2.45, 2.75) is 98.6 Å². The number of pyridine rings is 1. The third kappa shape index (κ3) is 5.73. The van der Waals surface area contributed by atoms with Crippen LogP contribution in [0.5, 0.6) is 0 Å². The van der Waals surface area contributed by atoms with E-state index in [1.807, 2.05) is 11.5 Å². The number of hydrogen-bond donors (Lipinski definition) is 2. The standard InChI is InChI=1S/C24H38N2O4/c1-6-11-19-17(7-2)14-18(21(27)25-20(23(29)30)24(3,4)5)22(28)26(19)15-16-12-9-8-10-13-16/h14,16,20H,6-13,15H2,1-5H3,(H,25,27)(H,29,30)/t20-/m1/s1. The van der Waals surface area contributed by atoms with Gasteiger partial charge in [0.1, 0.15) is 11.6 Å². The summed E-state index contributed by atoms with van der Waals surface area (Å²) in [5, 5.41) is 12.2. The van der Waals surface area contributed by atoms with Gasteiger partial charge in [0.15, 0.2) is 0 Å². The summed E-state index contributed by atoms with van der Waals surface area (Å²) in [7, 11) is 0. The maximum Gasteiger partial charge on any atom is 0.326 e. The number of nitrogens with zero attached hydrogens (tertiary/aromatic N) is 1. The van der Waals surface area contributed by atoms with Crippen molar-refractivity contribution in [1.29, 1.82) is 0 Å². The lowest BCUT2D eigenvalue weighted by molar-refractivity contribution is -0.142. The Morgan fingerprint density at radius 2 is 1.83 bits per heavy atom. The zero-order chi connectivity index (χ0) is 22.5. The van der Waals surface area contributed by atoms with E-state index in [1.54, 1.807) is 26.8 Å². The van der Waals surface area contributed by atoms with Crippen LogP contribution < -0.4 is 10.9 Å². The fourth-order valence-electron chi connectivity index (χ4n) is 4.44. The first-order valence-corrected chi connectivity index (χ1v) is 11.4. The first-order chi connectivity index (χ1) is 14.1. The number of carbonyl (C=O) groups excluding carboxylic acids is 1. The van der Waals surface area contributed by atoms with Crippen molar-refractivity contribution in [2.24, 2.45) is 11.3 Å². The van der Waals surface area contributed by atoms with Crippen molar-refractivity contribution >= 4 is 11.9 Å². The average molecular weight is 419 g/mol. The van der Waals surface area contributed by atoms with E-state index < -0.39 is 23.3 Å². The number of amides is 1. The summed E-state index contributed by atoms with van der Waals surface area (Å²) in [4.78, 5) is 38.1. The minimum absolute atomic E-state index is 0.0537. The molecule has 0 aromatic carbocycles. The molecule has 0 radical (unpaired) electrons. The van der Waals surface area contributed by atoms with E-state index in [1.165, 1.54) is 19.3 Å². The summed E-state index contributed by atoms with van der Waals surface area (Å²) in [5.41, 5.74) is 1.12. The molecule has 1 aromatic rings. The summed E-state index contributed by atoms with van der Waals surface area (Å²) in [6.45, 7) is 10.0. The van der Waals surface area contributed by atoms with Gasteiger partial charge in [0.25, 0.3) is 11.5 Å². The highest BCUT2D eigenvalue weighted by molar-refractivity contribution is 5.96. The Kier molecular flexibility index (Phi) is 8.27. The molecule has 6 heteroatoms. The van der Waals surface area contributed by atoms with Crippen molar-refractivity contribution in [2.75, 3.05) is 0 Å². The summed E-state index contributed by atoms with van der Waals surface area (Å²) < 4.78 is 1.82. The van der Waals surface area contributed by atoms with E-state index in [2.05, 4.69) is 12.2 Å². The number of carboxylic acids is 1. The Bertz CT molecular complexity index is 814. The van der Waals surface area contributed by atoms with Crippen LogP contribution in [-0.4, -0.2) is 27.6 Å². The summed E-state index contributed by atoms with van der Waals surface area (Å²) in [6.07, 6.45) is 8.30. The Labute approximate surface area is 180 Å². The van der Waals surface area contributed by atoms with Crippen LogP contribution in [0.1, 0.15) is 94.8 Å². The van der Waals surface area contributed by atoms with Gasteiger partial charge in [-0.2, -0.15) is 0 Å². The monoisotopic (exact) mass is 418 g/mol. The number of hydrogen-bond acceptors (Lipinski definition) is 3. The molecule has 2 rings (SSSR count). The number of carbonyl (C=O) groups is 2. The van der Waals surface area contributed by atoms with Gasteiger partial charge in [0.05, 0.1) is 0 Å². The first-order valence-electron chi connectivity index (χ1n) is 11.4. The van der Waals surface area contributed by atoms with Gasteiger partial charge in [0, 0.05) is 12.2 Å². The predicted octanol–water partition coefficient (Wildman–Crippen LogP) is 4.17. The Morgan fingerprint density at radius 1 is 1.20 bits per heavy atom. The van der Waals surface area contributed by atoms with Crippen molar-refractivity contribution in [1.82, 2.24) is 9.88 Å². The van der Waals surface area contributed by atoms with Gasteiger partial charge in [-0.3, -0.25) is 9.59 Å². The number of aryl methyl sites for hydroxylation is 1. The van der Waals surface area contributed by atoms with E-state index in [4.69, 9.17) is 0 Å². The fourth-order valence-corrected chi connectivity index (χ4v) is 4.44. The molecule has 0 bridgehead atoms. The van der Waals surface area contributed by atoms with Gasteiger partial charge in [-0.1, -0.05) is 60.3 Å². The van der Waals surface area contributed by atoms with E-state index >= 15 is 0 Å². The van der Waals surface area contributed by atoms with E-state index in [-0.39, 0.29) is 11.1 Å². The largest absolute Gasteiger partial charge is 0.480 e. The third-order valence-corrected chi connectivity index (χ3v) is 6.16. The van der Waals surface area contributed by atoms with Gasteiger partial charge in [-0.05, 0) is 48.6 Å². The SMILES string of the molecule is CCCc1c(CC)cc(C(=O)N[C@H](C(=O)O)C(C)(C)C)c(=O)n1CC1CCCCC1. The van der Waals surface area contributed by atoms with Crippen molar-refractivity contribution in [3.8, 4) is 0 Å². The first kappa shape index (κ1) is 24.2. The van der Waals surface area contributed by atoms with Gasteiger partial charge >= 0.3 is 5.97 Å². The minimum Gasteiger partial charge on any atom is -0.480 e. The highest BCUT2D eigenvalue weighted by Crippen LogP contribution is 2.26. The quantitative estimate of drug-likeness (QED) is 0.663. The van der Waals surface area contributed by atoms with E-state index in [9.17, 15) is 19.5 Å².